The molecule has 0 saturated carbocycles. The maximum atomic E-state index is 6.82. The van der Waals surface area contributed by atoms with E-state index in [9.17, 15) is 0 Å². The van der Waals surface area contributed by atoms with Crippen molar-refractivity contribution in [3.8, 4) is 28.1 Å². The van der Waals surface area contributed by atoms with Crippen molar-refractivity contribution in [2.45, 2.75) is 6.42 Å². The minimum atomic E-state index is 0.421. The normalized spacial score (nSPS) is 12.6. The quantitative estimate of drug-likeness (QED) is 0.186. The van der Waals surface area contributed by atoms with Crippen LogP contribution in [-0.4, -0.2) is 14.5 Å². The summed E-state index contributed by atoms with van der Waals surface area (Å²) in [5.41, 5.74) is 11.6. The van der Waals surface area contributed by atoms with Crippen molar-refractivity contribution in [1.82, 2.24) is 14.5 Å². The van der Waals surface area contributed by atoms with E-state index in [1.54, 1.807) is 11.3 Å². The van der Waals surface area contributed by atoms with Gasteiger partial charge in [0.1, 0.15) is 16.0 Å². The number of aromatic nitrogens is 3. The van der Waals surface area contributed by atoms with Crippen LogP contribution in [0.2, 0.25) is 5.15 Å². The first kappa shape index (κ1) is 26.5. The number of benzene rings is 7. The minimum absolute atomic E-state index is 0.421. The van der Waals surface area contributed by atoms with Gasteiger partial charge in [-0.05, 0) is 74.1 Å². The SMILES string of the molecule is Clc1nc2c(nc1-c1ccc(-n3c4ccccc4c4c5ccccc5c5c(c43)Cc3cc4ccccc4cc3-5)cc1)sc1ccccc12. The maximum absolute atomic E-state index is 6.82. The number of hydrogen-bond acceptors (Lipinski definition) is 3. The topological polar surface area (TPSA) is 30.7 Å². The zero-order valence-corrected chi connectivity index (χ0v) is 27.1. The van der Waals surface area contributed by atoms with Crippen LogP contribution in [0, 0.1) is 0 Å². The molecule has 0 amide bonds. The molecule has 0 fully saturated rings. The Bertz CT molecular complexity index is 2990. The van der Waals surface area contributed by atoms with Crippen molar-refractivity contribution in [3.05, 3.63) is 150 Å². The zero-order chi connectivity index (χ0) is 31.5. The van der Waals surface area contributed by atoms with Crippen LogP contribution < -0.4 is 0 Å². The molecule has 0 bridgehead atoms. The average Bonchev–Trinajstić information content (AvgIpc) is 3.80. The van der Waals surface area contributed by atoms with Crippen LogP contribution in [0.4, 0.5) is 0 Å². The number of halogens is 1. The predicted octanol–water partition coefficient (Wildman–Crippen LogP) is 12.1. The van der Waals surface area contributed by atoms with Crippen LogP contribution in [0.1, 0.15) is 11.1 Å². The van der Waals surface area contributed by atoms with E-state index in [1.807, 2.05) is 12.1 Å². The summed E-state index contributed by atoms with van der Waals surface area (Å²) in [6.45, 7) is 0. The van der Waals surface area contributed by atoms with E-state index in [0.29, 0.717) is 10.8 Å². The van der Waals surface area contributed by atoms with Gasteiger partial charge in [0.05, 0.1) is 11.0 Å². The number of para-hydroxylation sites is 1. The van der Waals surface area contributed by atoms with Crippen LogP contribution in [0.3, 0.4) is 0 Å². The zero-order valence-electron chi connectivity index (χ0n) is 25.5. The molecule has 11 rings (SSSR count). The first-order chi connectivity index (χ1) is 23.7. The van der Waals surface area contributed by atoms with Crippen LogP contribution in [0.5, 0.6) is 0 Å². The number of thiophene rings is 1. The Morgan fingerprint density at radius 3 is 2.17 bits per heavy atom. The Morgan fingerprint density at radius 2 is 1.33 bits per heavy atom. The van der Waals surface area contributed by atoms with Gasteiger partial charge in [-0.25, -0.2) is 9.97 Å². The molecule has 3 heterocycles. The second-order valence-corrected chi connectivity index (χ2v) is 14.1. The van der Waals surface area contributed by atoms with Gasteiger partial charge in [-0.15, -0.1) is 11.3 Å². The highest BCUT2D eigenvalue weighted by molar-refractivity contribution is 7.25. The molecule has 0 spiro atoms. The Balaban J connectivity index is 1.16. The first-order valence-corrected chi connectivity index (χ1v) is 17.3. The average molecular weight is 650 g/mol. The molecule has 1 aliphatic rings. The van der Waals surface area contributed by atoms with E-state index in [0.717, 1.165) is 38.1 Å². The highest BCUT2D eigenvalue weighted by Gasteiger charge is 2.28. The fraction of sp³-hybridized carbons (Fsp3) is 0.0233. The molecule has 0 atom stereocenters. The second-order valence-electron chi connectivity index (χ2n) is 12.7. The van der Waals surface area contributed by atoms with Crippen LogP contribution in [-0.2, 0) is 6.42 Å². The van der Waals surface area contributed by atoms with Gasteiger partial charge >= 0.3 is 0 Å². The molecule has 3 aromatic heterocycles. The summed E-state index contributed by atoms with van der Waals surface area (Å²) in [5.74, 6) is 0. The van der Waals surface area contributed by atoms with Crippen LogP contribution >= 0.6 is 22.9 Å². The third-order valence-corrected chi connectivity index (χ3v) is 11.4. The maximum Gasteiger partial charge on any atom is 0.156 e. The summed E-state index contributed by atoms with van der Waals surface area (Å²) in [4.78, 5) is 10.7. The molecule has 0 unspecified atom stereocenters. The molecule has 0 aliphatic heterocycles. The molecule has 1 aliphatic carbocycles. The summed E-state index contributed by atoms with van der Waals surface area (Å²) in [5, 5.41) is 9.26. The number of nitrogens with zero attached hydrogens (tertiary/aromatic N) is 3. The lowest BCUT2D eigenvalue weighted by atomic mass is 9.93. The second kappa shape index (κ2) is 9.74. The van der Waals surface area contributed by atoms with E-state index in [-0.39, 0.29) is 0 Å². The number of fused-ring (bicyclic) bond motifs is 14. The van der Waals surface area contributed by atoms with Crippen molar-refractivity contribution in [1.29, 1.82) is 0 Å². The van der Waals surface area contributed by atoms with Crippen molar-refractivity contribution >= 4 is 86.7 Å². The molecule has 0 saturated heterocycles. The highest BCUT2D eigenvalue weighted by atomic mass is 35.5. The molecular formula is C43H24ClN3S. The number of rotatable bonds is 2. The standard InChI is InChI=1S/C43H24ClN3S/c44-42-39(46-43-40(45-42)32-14-6-8-16-36(32)48-43)24-17-19-28(20-18-24)47-35-15-7-5-13-31(35)38-30-12-4-3-11-29(30)37-33-22-26-10-2-1-9-25(26)21-27(33)23-34(37)41(38)47/h1-22H,23H2. The smallest absolute Gasteiger partial charge is 0.156 e. The first-order valence-electron chi connectivity index (χ1n) is 16.2. The fourth-order valence-corrected chi connectivity index (χ4v) is 9.31. The summed E-state index contributed by atoms with van der Waals surface area (Å²) >= 11 is 8.47. The van der Waals surface area contributed by atoms with Gasteiger partial charge in [-0.1, -0.05) is 115 Å². The molecule has 10 aromatic rings. The largest absolute Gasteiger partial charge is 0.309 e. The van der Waals surface area contributed by atoms with Gasteiger partial charge in [0.25, 0.3) is 0 Å². The molecular weight excluding hydrogens is 626 g/mol. The third kappa shape index (κ3) is 3.59. The van der Waals surface area contributed by atoms with Crippen molar-refractivity contribution in [2.24, 2.45) is 0 Å². The van der Waals surface area contributed by atoms with Crippen molar-refractivity contribution < 1.29 is 0 Å². The minimum Gasteiger partial charge on any atom is -0.309 e. The van der Waals surface area contributed by atoms with Crippen molar-refractivity contribution in [3.63, 3.8) is 0 Å². The Morgan fingerprint density at radius 1 is 0.646 bits per heavy atom. The molecule has 3 nitrogen and oxygen atoms in total. The van der Waals surface area contributed by atoms with Gasteiger partial charge in [-0.2, -0.15) is 0 Å². The summed E-state index contributed by atoms with van der Waals surface area (Å²) in [6.07, 6.45) is 0.894. The molecule has 0 radical (unpaired) electrons. The van der Waals surface area contributed by atoms with Gasteiger partial charge in [0.15, 0.2) is 5.15 Å². The van der Waals surface area contributed by atoms with Crippen LogP contribution in [0.25, 0.3) is 91.9 Å². The van der Waals surface area contributed by atoms with Crippen molar-refractivity contribution in [2.75, 3.05) is 0 Å². The summed E-state index contributed by atoms with van der Waals surface area (Å²) < 4.78 is 3.63. The lowest BCUT2D eigenvalue weighted by Crippen LogP contribution is -1.98. The molecule has 7 aromatic carbocycles. The van der Waals surface area contributed by atoms with E-state index < -0.39 is 0 Å². The number of hydrogen-bond donors (Lipinski definition) is 0. The van der Waals surface area contributed by atoms with E-state index >= 15 is 0 Å². The molecule has 5 heteroatoms. The summed E-state index contributed by atoms with van der Waals surface area (Å²) in [7, 11) is 0. The van der Waals surface area contributed by atoms with Gasteiger partial charge < -0.3 is 4.57 Å². The van der Waals surface area contributed by atoms with Gasteiger partial charge in [-0.3, -0.25) is 0 Å². The predicted molar refractivity (Wildman–Crippen MR) is 203 cm³/mol. The van der Waals surface area contributed by atoms with E-state index in [1.165, 1.54) is 65.6 Å². The Labute approximate surface area is 284 Å². The monoisotopic (exact) mass is 649 g/mol. The molecule has 224 valence electrons. The molecule has 0 N–H and O–H groups in total. The fourth-order valence-electron chi connectivity index (χ4n) is 8.06. The van der Waals surface area contributed by atoms with Gasteiger partial charge in [0.2, 0.25) is 0 Å². The highest BCUT2D eigenvalue weighted by Crippen LogP contribution is 2.50. The molecule has 48 heavy (non-hydrogen) atoms. The lowest BCUT2D eigenvalue weighted by Gasteiger charge is -2.14. The van der Waals surface area contributed by atoms with E-state index in [4.69, 9.17) is 21.6 Å². The third-order valence-electron chi connectivity index (χ3n) is 10.1. The van der Waals surface area contributed by atoms with E-state index in [2.05, 4.69) is 126 Å². The summed E-state index contributed by atoms with van der Waals surface area (Å²) in [6, 6.07) is 48.2. The Hall–Kier alpha value is -5.55. The Kier molecular flexibility index (Phi) is 5.38. The van der Waals surface area contributed by atoms with Crippen LogP contribution in [0.15, 0.2) is 133 Å². The lowest BCUT2D eigenvalue weighted by molar-refractivity contribution is 1.15. The van der Waals surface area contributed by atoms with Gasteiger partial charge in [0, 0.05) is 38.5 Å².